The fourth-order valence-corrected chi connectivity index (χ4v) is 5.68. The second-order valence-electron chi connectivity index (χ2n) is 12.0. The summed E-state index contributed by atoms with van der Waals surface area (Å²) < 4.78 is 17.8. The monoisotopic (exact) mass is 592 g/mol. The van der Waals surface area contributed by atoms with E-state index in [1.807, 2.05) is 19.9 Å². The van der Waals surface area contributed by atoms with E-state index in [0.717, 1.165) is 12.0 Å². The molecule has 4 heterocycles. The van der Waals surface area contributed by atoms with Crippen molar-refractivity contribution in [1.29, 1.82) is 0 Å². The van der Waals surface area contributed by atoms with Gasteiger partial charge < -0.3 is 39.7 Å². The molecule has 0 aliphatic carbocycles. The van der Waals surface area contributed by atoms with Crippen LogP contribution in [0.4, 0.5) is 0 Å². The molecule has 1 unspecified atom stereocenters. The maximum atomic E-state index is 12.5. The minimum Gasteiger partial charge on any atom is -0.389 e. The summed E-state index contributed by atoms with van der Waals surface area (Å²) in [6, 6.07) is -0.125. The van der Waals surface area contributed by atoms with Gasteiger partial charge in [0.1, 0.15) is 17.8 Å². The number of carbonyl (C=O) groups excluding carboxylic acids is 3. The standard InChI is InChI=1S/C30H44N2O10/c1-17(5-8-23-18(2)13-22(20(4)40-23)31-25(34)10-7-19(3)33)6-9-24-29(38)30(16-39-30)15-21(41-24)14-28(37)42-32-26(35)11-12-27(32)36/h5-7,9-10,18-24,26,29,33,35,38H,8,11-16H2,1-4H3,(H,31,34)/b9-6+,10-7-,17-5+/t18-,19-,20+,21+,22+,23-,24+,26?,29+,30+/m0/s1. The first-order valence-electron chi connectivity index (χ1n) is 14.7. The Hall–Kier alpha value is -2.61. The minimum absolute atomic E-state index is 0.0273. The van der Waals surface area contributed by atoms with E-state index < -0.39 is 48.1 Å². The van der Waals surface area contributed by atoms with Crippen molar-refractivity contribution in [3.63, 3.8) is 0 Å². The van der Waals surface area contributed by atoms with Crippen molar-refractivity contribution in [1.82, 2.24) is 10.4 Å². The Morgan fingerprint density at radius 1 is 1.24 bits per heavy atom. The molecule has 4 fully saturated rings. The number of ether oxygens (including phenoxy) is 3. The number of allylic oxidation sites excluding steroid dienone is 2. The number of hydrogen-bond donors (Lipinski definition) is 4. The maximum Gasteiger partial charge on any atom is 0.335 e. The van der Waals surface area contributed by atoms with Crippen molar-refractivity contribution in [3.05, 3.63) is 36.0 Å². The summed E-state index contributed by atoms with van der Waals surface area (Å²) in [5.41, 5.74) is 0.167. The third-order valence-electron chi connectivity index (χ3n) is 8.31. The smallest absolute Gasteiger partial charge is 0.335 e. The number of nitrogens with one attached hydrogen (secondary N) is 1. The van der Waals surface area contributed by atoms with Crippen LogP contribution in [0.3, 0.4) is 0 Å². The first kappa shape index (κ1) is 32.3. The molecule has 1 spiro atoms. The van der Waals surface area contributed by atoms with Crippen molar-refractivity contribution in [2.45, 2.75) is 121 Å². The fraction of sp³-hybridized carbons (Fsp3) is 0.700. The van der Waals surface area contributed by atoms with Gasteiger partial charge in [0.2, 0.25) is 5.91 Å². The van der Waals surface area contributed by atoms with E-state index in [4.69, 9.17) is 19.0 Å². The van der Waals surface area contributed by atoms with Gasteiger partial charge in [0.25, 0.3) is 5.91 Å². The number of hydroxylamine groups is 2. The number of aliphatic hydroxyl groups excluding tert-OH is 3. The van der Waals surface area contributed by atoms with Crippen molar-refractivity contribution in [2.24, 2.45) is 5.92 Å². The zero-order valence-corrected chi connectivity index (χ0v) is 24.7. The molecule has 2 amide bonds. The summed E-state index contributed by atoms with van der Waals surface area (Å²) in [6.45, 7) is 7.91. The summed E-state index contributed by atoms with van der Waals surface area (Å²) in [7, 11) is 0. The zero-order chi connectivity index (χ0) is 30.6. The molecular formula is C30H44N2O10. The van der Waals surface area contributed by atoms with E-state index in [-0.39, 0.29) is 49.3 Å². The zero-order valence-electron chi connectivity index (χ0n) is 24.7. The van der Waals surface area contributed by atoms with Crippen molar-refractivity contribution in [3.8, 4) is 0 Å². The normalized spacial score (nSPS) is 37.9. The van der Waals surface area contributed by atoms with Gasteiger partial charge >= 0.3 is 5.97 Å². The van der Waals surface area contributed by atoms with Gasteiger partial charge in [-0.1, -0.05) is 36.8 Å². The fourth-order valence-electron chi connectivity index (χ4n) is 5.68. The van der Waals surface area contributed by atoms with Crippen LogP contribution in [0.25, 0.3) is 0 Å². The van der Waals surface area contributed by atoms with Crippen LogP contribution in [-0.2, 0) is 33.4 Å². The molecule has 0 aromatic heterocycles. The molecule has 234 valence electrons. The van der Waals surface area contributed by atoms with Gasteiger partial charge in [-0.15, -0.1) is 5.06 Å². The van der Waals surface area contributed by atoms with Gasteiger partial charge in [0.15, 0.2) is 6.23 Å². The summed E-state index contributed by atoms with van der Waals surface area (Å²) in [6.07, 6.45) is 6.13. The van der Waals surface area contributed by atoms with Crippen LogP contribution < -0.4 is 5.32 Å². The molecule has 12 heteroatoms. The molecule has 4 aliphatic heterocycles. The molecule has 10 atom stereocenters. The molecule has 4 rings (SSSR count). The molecule has 0 bridgehead atoms. The predicted octanol–water partition coefficient (Wildman–Crippen LogP) is 1.19. The average molecular weight is 593 g/mol. The van der Waals surface area contributed by atoms with Crippen molar-refractivity contribution >= 4 is 17.8 Å². The predicted molar refractivity (Wildman–Crippen MR) is 149 cm³/mol. The van der Waals surface area contributed by atoms with Crippen LogP contribution in [0, 0.1) is 5.92 Å². The third-order valence-corrected chi connectivity index (χ3v) is 8.31. The van der Waals surface area contributed by atoms with Crippen LogP contribution in [0.5, 0.6) is 0 Å². The highest BCUT2D eigenvalue weighted by Gasteiger charge is 2.58. The Labute approximate surface area is 246 Å². The van der Waals surface area contributed by atoms with Crippen LogP contribution in [0.15, 0.2) is 36.0 Å². The number of nitrogens with zero attached hydrogens (tertiary/aromatic N) is 1. The highest BCUT2D eigenvalue weighted by atomic mass is 16.7. The Kier molecular flexibility index (Phi) is 10.6. The van der Waals surface area contributed by atoms with Crippen LogP contribution in [0.1, 0.15) is 66.2 Å². The largest absolute Gasteiger partial charge is 0.389 e. The lowest BCUT2D eigenvalue weighted by Crippen LogP contribution is -2.50. The first-order valence-corrected chi connectivity index (χ1v) is 14.7. The summed E-state index contributed by atoms with van der Waals surface area (Å²) in [5, 5.41) is 33.7. The molecule has 0 aromatic rings. The molecule has 0 saturated carbocycles. The summed E-state index contributed by atoms with van der Waals surface area (Å²) in [5.74, 6) is -1.20. The summed E-state index contributed by atoms with van der Waals surface area (Å²) >= 11 is 0. The number of hydrogen-bond acceptors (Lipinski definition) is 10. The van der Waals surface area contributed by atoms with E-state index in [9.17, 15) is 29.7 Å². The van der Waals surface area contributed by atoms with Crippen LogP contribution >= 0.6 is 0 Å². The molecule has 4 saturated heterocycles. The third kappa shape index (κ3) is 8.27. The Balaban J connectivity index is 1.28. The highest BCUT2D eigenvalue weighted by molar-refractivity contribution is 5.87. The van der Waals surface area contributed by atoms with E-state index in [1.165, 1.54) is 12.2 Å². The van der Waals surface area contributed by atoms with Crippen molar-refractivity contribution in [2.75, 3.05) is 6.61 Å². The van der Waals surface area contributed by atoms with E-state index >= 15 is 0 Å². The van der Waals surface area contributed by atoms with E-state index in [1.54, 1.807) is 13.0 Å². The first-order chi connectivity index (χ1) is 19.9. The quantitative estimate of drug-likeness (QED) is 0.164. The Bertz CT molecular complexity index is 1080. The number of epoxide rings is 1. The highest BCUT2D eigenvalue weighted by Crippen LogP contribution is 2.43. The Morgan fingerprint density at radius 3 is 2.62 bits per heavy atom. The number of carbonyl (C=O) groups is 3. The molecule has 0 aromatic carbocycles. The van der Waals surface area contributed by atoms with Gasteiger partial charge in [0.05, 0.1) is 43.5 Å². The van der Waals surface area contributed by atoms with Crippen LogP contribution in [0.2, 0.25) is 0 Å². The second-order valence-corrected chi connectivity index (χ2v) is 12.0. The van der Waals surface area contributed by atoms with Gasteiger partial charge in [-0.3, -0.25) is 9.59 Å². The number of aliphatic hydroxyl groups is 3. The van der Waals surface area contributed by atoms with Gasteiger partial charge in [-0.25, -0.2) is 4.79 Å². The topological polar surface area (TPSA) is 167 Å². The maximum absolute atomic E-state index is 12.5. The summed E-state index contributed by atoms with van der Waals surface area (Å²) in [4.78, 5) is 41.5. The molecular weight excluding hydrogens is 548 g/mol. The molecule has 42 heavy (non-hydrogen) atoms. The average Bonchev–Trinajstić information content (AvgIpc) is 3.63. The second kappa shape index (κ2) is 13.8. The van der Waals surface area contributed by atoms with Crippen LogP contribution in [-0.4, -0.2) is 99.3 Å². The van der Waals surface area contributed by atoms with Gasteiger partial charge in [0, 0.05) is 25.3 Å². The number of amides is 2. The molecule has 0 radical (unpaired) electrons. The SMILES string of the molecule is CC(/C=C/[C@H]1O[C@H](CC(=O)ON2C(=O)CCC2O)C[C@@]2(CO2)[C@@H]1O)=C\C[C@@H]1O[C@H](C)[C@H](NC(=O)/C=C\[C@H](C)O)C[C@@H]1C. The lowest BCUT2D eigenvalue weighted by molar-refractivity contribution is -0.224. The van der Waals surface area contributed by atoms with Crippen molar-refractivity contribution < 1.29 is 48.8 Å². The van der Waals surface area contributed by atoms with Gasteiger partial charge in [-0.05, 0) is 39.5 Å². The van der Waals surface area contributed by atoms with E-state index in [0.29, 0.717) is 24.5 Å². The lowest BCUT2D eigenvalue weighted by Gasteiger charge is -2.39. The lowest BCUT2D eigenvalue weighted by atomic mass is 9.87. The Morgan fingerprint density at radius 2 is 1.98 bits per heavy atom. The van der Waals surface area contributed by atoms with E-state index in [2.05, 4.69) is 18.3 Å². The molecule has 4 N–H and O–H groups in total. The molecule has 12 nitrogen and oxygen atoms in total. The number of rotatable bonds is 10. The van der Waals surface area contributed by atoms with Gasteiger partial charge in [-0.2, -0.15) is 0 Å². The minimum atomic E-state index is -1.14. The molecule has 4 aliphatic rings.